The van der Waals surface area contributed by atoms with Crippen LogP contribution in [0.15, 0.2) is 85.1 Å². The molecule has 0 aromatic heterocycles. The molecule has 360 valence electrons. The first kappa shape index (κ1) is 59.6. The highest BCUT2D eigenvalue weighted by Gasteiger charge is 2.19. The lowest BCUT2D eigenvalue weighted by atomic mass is 10.1. The van der Waals surface area contributed by atoms with Crippen molar-refractivity contribution in [3.63, 3.8) is 0 Å². The number of hydrogen-bond acceptors (Lipinski definition) is 6. The predicted octanol–water partition coefficient (Wildman–Crippen LogP) is 17.2. The highest BCUT2D eigenvalue weighted by molar-refractivity contribution is 5.71. The van der Waals surface area contributed by atoms with E-state index in [0.717, 1.165) is 77.0 Å². The predicted molar refractivity (Wildman–Crippen MR) is 270 cm³/mol. The van der Waals surface area contributed by atoms with Crippen LogP contribution in [0.4, 0.5) is 0 Å². The Morgan fingerprint density at radius 3 is 1.06 bits per heavy atom. The average molecular weight is 877 g/mol. The maximum Gasteiger partial charge on any atom is 0.306 e. The number of unbranched alkanes of at least 4 members (excludes halogenated alkanes) is 21. The van der Waals surface area contributed by atoms with Gasteiger partial charge in [-0.3, -0.25) is 14.4 Å². The second kappa shape index (κ2) is 51.2. The molecule has 0 fully saturated rings. The van der Waals surface area contributed by atoms with Gasteiger partial charge in [0.05, 0.1) is 0 Å². The van der Waals surface area contributed by atoms with Gasteiger partial charge in [-0.2, -0.15) is 0 Å². The van der Waals surface area contributed by atoms with Gasteiger partial charge in [-0.25, -0.2) is 0 Å². The molecule has 0 unspecified atom stereocenters. The van der Waals surface area contributed by atoms with Gasteiger partial charge in [0.15, 0.2) is 6.10 Å². The van der Waals surface area contributed by atoms with Crippen molar-refractivity contribution in [2.45, 2.75) is 245 Å². The van der Waals surface area contributed by atoms with Gasteiger partial charge >= 0.3 is 17.9 Å². The molecule has 0 aromatic rings. The summed E-state index contributed by atoms with van der Waals surface area (Å²) >= 11 is 0. The van der Waals surface area contributed by atoms with E-state index in [-0.39, 0.29) is 37.5 Å². The van der Waals surface area contributed by atoms with Crippen LogP contribution in [0.25, 0.3) is 0 Å². The monoisotopic (exact) mass is 877 g/mol. The molecule has 0 rings (SSSR count). The Morgan fingerprint density at radius 2 is 0.651 bits per heavy atom. The van der Waals surface area contributed by atoms with E-state index in [1.807, 2.05) is 6.08 Å². The summed E-state index contributed by atoms with van der Waals surface area (Å²) < 4.78 is 16.7. The van der Waals surface area contributed by atoms with Crippen molar-refractivity contribution in [3.05, 3.63) is 85.1 Å². The van der Waals surface area contributed by atoms with Gasteiger partial charge in [0.1, 0.15) is 13.2 Å². The number of rotatable bonds is 46. The van der Waals surface area contributed by atoms with Crippen molar-refractivity contribution in [2.24, 2.45) is 0 Å². The van der Waals surface area contributed by atoms with E-state index in [1.165, 1.54) is 116 Å². The number of allylic oxidation sites excluding steroid dienone is 14. The number of carbonyl (C=O) groups is 3. The van der Waals surface area contributed by atoms with Gasteiger partial charge < -0.3 is 14.2 Å². The molecule has 0 aliphatic carbocycles. The molecular weight excluding hydrogens is 781 g/mol. The van der Waals surface area contributed by atoms with E-state index in [0.29, 0.717) is 19.3 Å². The zero-order chi connectivity index (χ0) is 45.8. The lowest BCUT2D eigenvalue weighted by Gasteiger charge is -2.18. The normalized spacial score (nSPS) is 12.7. The van der Waals surface area contributed by atoms with Crippen molar-refractivity contribution < 1.29 is 28.6 Å². The summed E-state index contributed by atoms with van der Waals surface area (Å²) in [7, 11) is 0. The van der Waals surface area contributed by atoms with E-state index >= 15 is 0 Å². The van der Waals surface area contributed by atoms with Crippen molar-refractivity contribution in [1.82, 2.24) is 0 Å². The van der Waals surface area contributed by atoms with E-state index in [4.69, 9.17) is 14.2 Å². The van der Waals surface area contributed by atoms with Gasteiger partial charge in [0.2, 0.25) is 0 Å². The zero-order valence-corrected chi connectivity index (χ0v) is 41.1. The summed E-state index contributed by atoms with van der Waals surface area (Å²) in [5.74, 6) is -0.996. The molecule has 0 aliphatic heterocycles. The van der Waals surface area contributed by atoms with Crippen molar-refractivity contribution in [3.8, 4) is 0 Å². The first-order valence-electron chi connectivity index (χ1n) is 26.1. The Labute approximate surface area is 388 Å². The molecule has 0 amide bonds. The zero-order valence-electron chi connectivity index (χ0n) is 41.1. The minimum Gasteiger partial charge on any atom is -0.462 e. The Morgan fingerprint density at radius 1 is 0.333 bits per heavy atom. The summed E-state index contributed by atoms with van der Waals surface area (Å²) in [4.78, 5) is 37.9. The first-order chi connectivity index (χ1) is 31.0. The van der Waals surface area contributed by atoms with Gasteiger partial charge in [-0.1, -0.05) is 221 Å². The molecule has 1 atom stereocenters. The number of carbonyl (C=O) groups excluding carboxylic acids is 3. The number of ether oxygens (including phenoxy) is 3. The third kappa shape index (κ3) is 49.5. The fourth-order valence-corrected chi connectivity index (χ4v) is 6.99. The highest BCUT2D eigenvalue weighted by Crippen LogP contribution is 2.14. The van der Waals surface area contributed by atoms with E-state index in [9.17, 15) is 14.4 Å². The third-order valence-corrected chi connectivity index (χ3v) is 10.9. The molecule has 0 heterocycles. The fraction of sp³-hybridized carbons (Fsp3) is 0.702. The van der Waals surface area contributed by atoms with Crippen molar-refractivity contribution in [1.29, 1.82) is 0 Å². The van der Waals surface area contributed by atoms with Crippen LogP contribution in [0.5, 0.6) is 0 Å². The summed E-state index contributed by atoms with van der Waals surface area (Å²) in [6, 6.07) is 0. The molecule has 0 radical (unpaired) electrons. The van der Waals surface area contributed by atoms with Gasteiger partial charge in [-0.15, -0.1) is 0 Å². The van der Waals surface area contributed by atoms with Crippen LogP contribution in [-0.4, -0.2) is 37.2 Å². The van der Waals surface area contributed by atoms with E-state index < -0.39 is 6.10 Å². The van der Waals surface area contributed by atoms with Gasteiger partial charge in [-0.05, 0) is 83.5 Å². The minimum absolute atomic E-state index is 0.101. The standard InChI is InChI=1S/C57H96O6/c1-4-7-10-13-16-19-21-23-25-27-28-30-31-33-35-38-41-44-47-50-56(59)62-53-54(52-61-55(58)49-46-43-40-37-18-15-12-9-6-3)63-57(60)51-48-45-42-39-36-34-32-29-26-24-22-20-17-14-11-8-5-2/h7,10,16,19,23-26,28,30,33,35,41,44,54H,4-6,8-9,11-15,17-18,20-22,27,29,31-32,34,36-40,42-43,45-53H2,1-3H3/b10-7-,19-16-,25-23-,26-24-,30-28-,35-33-,44-41-/t54-/m1/s1. The van der Waals surface area contributed by atoms with Gasteiger partial charge in [0.25, 0.3) is 0 Å². The largest absolute Gasteiger partial charge is 0.462 e. The fourth-order valence-electron chi connectivity index (χ4n) is 6.99. The van der Waals surface area contributed by atoms with Crippen LogP contribution >= 0.6 is 0 Å². The van der Waals surface area contributed by atoms with E-state index in [1.54, 1.807) is 0 Å². The molecule has 0 bridgehead atoms. The van der Waals surface area contributed by atoms with Crippen LogP contribution in [-0.2, 0) is 28.6 Å². The Balaban J connectivity index is 4.45. The molecule has 6 heteroatoms. The summed E-state index contributed by atoms with van der Waals surface area (Å²) in [5.41, 5.74) is 0. The Bertz CT molecular complexity index is 1240. The molecular formula is C57H96O6. The SMILES string of the molecule is CC/C=C\C/C=C\C/C=C\C/C=C\C/C=C\C/C=C\CCC(=O)OC[C@@H](COC(=O)CCCCCCCCCCC)OC(=O)CCCCCCCCC/C=C\CCCCCCCC. The maximum absolute atomic E-state index is 12.8. The summed E-state index contributed by atoms with van der Waals surface area (Å²) in [6.45, 7) is 6.43. The van der Waals surface area contributed by atoms with Crippen LogP contribution < -0.4 is 0 Å². The third-order valence-electron chi connectivity index (χ3n) is 10.9. The lowest BCUT2D eigenvalue weighted by Crippen LogP contribution is -2.30. The second-order valence-electron chi connectivity index (χ2n) is 17.1. The van der Waals surface area contributed by atoms with Crippen molar-refractivity contribution >= 4 is 17.9 Å². The minimum atomic E-state index is -0.806. The van der Waals surface area contributed by atoms with Crippen LogP contribution in [0, 0.1) is 0 Å². The van der Waals surface area contributed by atoms with Crippen molar-refractivity contribution in [2.75, 3.05) is 13.2 Å². The molecule has 0 saturated carbocycles. The quantitative estimate of drug-likeness (QED) is 0.0262. The van der Waals surface area contributed by atoms with Gasteiger partial charge in [0, 0.05) is 19.3 Å². The maximum atomic E-state index is 12.8. The topological polar surface area (TPSA) is 78.9 Å². The lowest BCUT2D eigenvalue weighted by molar-refractivity contribution is -0.166. The molecule has 6 nitrogen and oxygen atoms in total. The second-order valence-corrected chi connectivity index (χ2v) is 17.1. The average Bonchev–Trinajstić information content (AvgIpc) is 3.28. The molecule has 63 heavy (non-hydrogen) atoms. The number of esters is 3. The molecule has 0 aliphatic rings. The first-order valence-corrected chi connectivity index (χ1v) is 26.1. The highest BCUT2D eigenvalue weighted by atomic mass is 16.6. The smallest absolute Gasteiger partial charge is 0.306 e. The van der Waals surface area contributed by atoms with Crippen LogP contribution in [0.3, 0.4) is 0 Å². The van der Waals surface area contributed by atoms with Crippen LogP contribution in [0.1, 0.15) is 239 Å². The summed E-state index contributed by atoms with van der Waals surface area (Å²) in [6.07, 6.45) is 65.8. The Hall–Kier alpha value is -3.41. The van der Waals surface area contributed by atoms with E-state index in [2.05, 4.69) is 99.8 Å². The Kier molecular flexibility index (Phi) is 48.5. The number of hydrogen-bond donors (Lipinski definition) is 0. The molecule has 0 spiro atoms. The molecule has 0 N–H and O–H groups in total. The molecule has 0 saturated heterocycles. The van der Waals surface area contributed by atoms with Crippen LogP contribution in [0.2, 0.25) is 0 Å². The molecule has 0 aromatic carbocycles. The summed E-state index contributed by atoms with van der Waals surface area (Å²) in [5, 5.41) is 0.